The zero-order valence-electron chi connectivity index (χ0n) is 9.56. The number of hydrogen-bond acceptors (Lipinski definition) is 5. The summed E-state index contributed by atoms with van der Waals surface area (Å²) in [5.74, 6) is -0.774. The Morgan fingerprint density at radius 1 is 1.47 bits per heavy atom. The smallest absolute Gasteiger partial charge is 0.353 e. The molecule has 1 saturated carbocycles. The third-order valence-corrected chi connectivity index (χ3v) is 5.08. The third kappa shape index (κ3) is 1.71. The Hall–Kier alpha value is -1.17. The molecule has 1 amide bonds. The van der Waals surface area contributed by atoms with Crippen LogP contribution in [0.15, 0.2) is 11.3 Å². The van der Waals surface area contributed by atoms with E-state index < -0.39 is 5.97 Å². The minimum atomic E-state index is -0.412. The summed E-state index contributed by atoms with van der Waals surface area (Å²) in [6, 6.07) is 0. The van der Waals surface area contributed by atoms with Crippen LogP contribution in [0, 0.1) is 0 Å². The third-order valence-electron chi connectivity index (χ3n) is 3.42. The summed E-state index contributed by atoms with van der Waals surface area (Å²) in [6.07, 6.45) is 3.26. The molecule has 1 aliphatic carbocycles. The Morgan fingerprint density at radius 2 is 2.29 bits per heavy atom. The van der Waals surface area contributed by atoms with Crippen LogP contribution in [-0.4, -0.2) is 33.9 Å². The molecule has 1 N–H and O–H groups in total. The Morgan fingerprint density at radius 3 is 2.82 bits per heavy atom. The van der Waals surface area contributed by atoms with E-state index in [4.69, 9.17) is 4.84 Å². The van der Waals surface area contributed by atoms with E-state index in [1.807, 2.05) is 11.8 Å². The summed E-state index contributed by atoms with van der Waals surface area (Å²) < 4.78 is 0. The lowest BCUT2D eigenvalue weighted by Gasteiger charge is -2.52. The lowest BCUT2D eigenvalue weighted by Crippen LogP contribution is -2.53. The number of hydrogen-bond donors (Lipinski definition) is 1. The lowest BCUT2D eigenvalue weighted by molar-refractivity contribution is -0.156. The van der Waals surface area contributed by atoms with Gasteiger partial charge in [-0.1, -0.05) is 0 Å². The first-order valence-corrected chi connectivity index (χ1v) is 6.74. The van der Waals surface area contributed by atoms with Crippen LogP contribution in [0.5, 0.6) is 0 Å². The second-order valence-electron chi connectivity index (χ2n) is 4.52. The standard InChI is InChI=1S/C11H14N2O3S/c1-6(14)12-16-11(15)10-7-2-3-8(7)17-9-4-5-13(9)10/h8-9H,2-5H2,1H3,(H,12,14). The van der Waals surface area contributed by atoms with Crippen molar-refractivity contribution in [3.05, 3.63) is 11.3 Å². The van der Waals surface area contributed by atoms with E-state index in [0.29, 0.717) is 16.3 Å². The summed E-state index contributed by atoms with van der Waals surface area (Å²) in [5.41, 5.74) is 4.00. The molecular formula is C11H14N2O3S. The van der Waals surface area contributed by atoms with E-state index in [0.717, 1.165) is 25.8 Å². The Balaban J connectivity index is 1.77. The molecule has 5 nitrogen and oxygen atoms in total. The van der Waals surface area contributed by atoms with E-state index in [-0.39, 0.29) is 5.91 Å². The number of nitrogens with zero attached hydrogens (tertiary/aromatic N) is 1. The van der Waals surface area contributed by atoms with Crippen LogP contribution < -0.4 is 5.48 Å². The van der Waals surface area contributed by atoms with Crippen LogP contribution in [0.3, 0.4) is 0 Å². The number of rotatable bonds is 1. The van der Waals surface area contributed by atoms with Crippen molar-refractivity contribution in [1.82, 2.24) is 10.4 Å². The van der Waals surface area contributed by atoms with Gasteiger partial charge in [0.05, 0.1) is 5.37 Å². The van der Waals surface area contributed by atoms with Crippen LogP contribution in [0.1, 0.15) is 26.2 Å². The molecule has 3 aliphatic rings. The average Bonchev–Trinajstić information content (AvgIpc) is 2.20. The maximum Gasteiger partial charge on any atom is 0.378 e. The van der Waals surface area contributed by atoms with Crippen LogP contribution >= 0.6 is 11.8 Å². The molecular weight excluding hydrogens is 240 g/mol. The average molecular weight is 254 g/mol. The number of fused-ring (bicyclic) bond motifs is 2. The van der Waals surface area contributed by atoms with Gasteiger partial charge in [0.1, 0.15) is 5.70 Å². The predicted molar refractivity (Wildman–Crippen MR) is 62.7 cm³/mol. The van der Waals surface area contributed by atoms with E-state index in [2.05, 4.69) is 10.4 Å². The SMILES string of the molecule is CC(=O)NOC(=O)C1=C2CCC2SC2CCN12. The number of carbonyl (C=O) groups is 2. The Labute approximate surface area is 104 Å². The van der Waals surface area contributed by atoms with E-state index in [1.165, 1.54) is 12.5 Å². The first-order chi connectivity index (χ1) is 8.16. The zero-order valence-corrected chi connectivity index (χ0v) is 10.4. The number of carbonyl (C=O) groups excluding carboxylic acids is 2. The first kappa shape index (κ1) is 11.0. The van der Waals surface area contributed by atoms with Gasteiger partial charge in [-0.15, -0.1) is 11.8 Å². The van der Waals surface area contributed by atoms with Gasteiger partial charge in [0.15, 0.2) is 0 Å². The number of amides is 1. The van der Waals surface area contributed by atoms with Crippen molar-refractivity contribution in [2.45, 2.75) is 36.8 Å². The van der Waals surface area contributed by atoms with Gasteiger partial charge in [-0.25, -0.2) is 4.79 Å². The molecule has 1 saturated heterocycles. The van der Waals surface area contributed by atoms with Gasteiger partial charge >= 0.3 is 5.97 Å². The van der Waals surface area contributed by atoms with Crippen LogP contribution in [0.2, 0.25) is 0 Å². The van der Waals surface area contributed by atoms with Gasteiger partial charge in [0, 0.05) is 18.7 Å². The van der Waals surface area contributed by atoms with Crippen molar-refractivity contribution >= 4 is 23.6 Å². The predicted octanol–water partition coefficient (Wildman–Crippen LogP) is 0.776. The molecule has 6 heteroatoms. The van der Waals surface area contributed by atoms with Crippen LogP contribution in [0.4, 0.5) is 0 Å². The van der Waals surface area contributed by atoms with Gasteiger partial charge in [-0.3, -0.25) is 4.79 Å². The van der Waals surface area contributed by atoms with E-state index >= 15 is 0 Å². The molecule has 2 heterocycles. The summed E-state index contributed by atoms with van der Waals surface area (Å²) in [4.78, 5) is 29.6. The maximum atomic E-state index is 11.9. The van der Waals surface area contributed by atoms with Crippen molar-refractivity contribution in [1.29, 1.82) is 0 Å². The second kappa shape index (κ2) is 3.94. The van der Waals surface area contributed by atoms with Crippen molar-refractivity contribution < 1.29 is 14.4 Å². The van der Waals surface area contributed by atoms with Gasteiger partial charge in [-0.05, 0) is 24.8 Å². The molecule has 92 valence electrons. The first-order valence-electron chi connectivity index (χ1n) is 5.79. The highest BCUT2D eigenvalue weighted by molar-refractivity contribution is 8.00. The molecule has 2 fully saturated rings. The number of thioether (sulfide) groups is 1. The molecule has 0 aromatic rings. The van der Waals surface area contributed by atoms with E-state index in [1.54, 1.807) is 0 Å². The lowest BCUT2D eigenvalue weighted by atomic mass is 9.88. The molecule has 2 atom stereocenters. The summed E-state index contributed by atoms with van der Waals surface area (Å²) in [7, 11) is 0. The summed E-state index contributed by atoms with van der Waals surface area (Å²) in [6.45, 7) is 2.23. The normalized spacial score (nSPS) is 29.6. The van der Waals surface area contributed by atoms with Crippen LogP contribution in [0.25, 0.3) is 0 Å². The molecule has 0 spiro atoms. The zero-order chi connectivity index (χ0) is 12.0. The van der Waals surface area contributed by atoms with E-state index in [9.17, 15) is 9.59 Å². The minimum absolute atomic E-state index is 0.362. The van der Waals surface area contributed by atoms with Crippen molar-refractivity contribution in [2.75, 3.05) is 6.54 Å². The maximum absolute atomic E-state index is 11.9. The van der Waals surface area contributed by atoms with Crippen molar-refractivity contribution in [2.24, 2.45) is 0 Å². The quantitative estimate of drug-likeness (QED) is 0.701. The molecule has 0 bridgehead atoms. The molecule has 2 aliphatic heterocycles. The molecule has 0 radical (unpaired) electrons. The van der Waals surface area contributed by atoms with Gasteiger partial charge in [0.2, 0.25) is 5.91 Å². The monoisotopic (exact) mass is 254 g/mol. The number of nitrogens with one attached hydrogen (secondary N) is 1. The molecule has 0 aromatic carbocycles. The van der Waals surface area contributed by atoms with Crippen LogP contribution in [-0.2, 0) is 14.4 Å². The van der Waals surface area contributed by atoms with Gasteiger partial charge < -0.3 is 9.74 Å². The highest BCUT2D eigenvalue weighted by atomic mass is 32.2. The largest absolute Gasteiger partial charge is 0.378 e. The highest BCUT2D eigenvalue weighted by Gasteiger charge is 2.46. The molecule has 2 unspecified atom stereocenters. The topological polar surface area (TPSA) is 58.6 Å². The van der Waals surface area contributed by atoms with Gasteiger partial charge in [-0.2, -0.15) is 5.48 Å². The minimum Gasteiger partial charge on any atom is -0.353 e. The highest BCUT2D eigenvalue weighted by Crippen LogP contribution is 2.51. The van der Waals surface area contributed by atoms with Gasteiger partial charge in [0.25, 0.3) is 0 Å². The Kier molecular flexibility index (Phi) is 2.54. The summed E-state index contributed by atoms with van der Waals surface area (Å²) in [5, 5.41) is 0.931. The second-order valence-corrected chi connectivity index (χ2v) is 5.91. The number of hydroxylamine groups is 1. The fraction of sp³-hybridized carbons (Fsp3) is 0.636. The molecule has 3 rings (SSSR count). The molecule has 17 heavy (non-hydrogen) atoms. The summed E-state index contributed by atoms with van der Waals surface area (Å²) >= 11 is 1.95. The fourth-order valence-corrected chi connectivity index (χ4v) is 4.00. The van der Waals surface area contributed by atoms with Crippen molar-refractivity contribution in [3.63, 3.8) is 0 Å². The fourth-order valence-electron chi connectivity index (χ4n) is 2.38. The van der Waals surface area contributed by atoms with Crippen molar-refractivity contribution in [3.8, 4) is 0 Å². The Bertz CT molecular complexity index is 421. The molecule has 0 aromatic heterocycles.